The lowest BCUT2D eigenvalue weighted by molar-refractivity contribution is -0.247. The van der Waals surface area contributed by atoms with Gasteiger partial charge in [0.2, 0.25) is 0 Å². The zero-order chi connectivity index (χ0) is 32.8. The molecule has 18 heteroatoms. The molecule has 0 aliphatic heterocycles. The molecule has 43 heavy (non-hydrogen) atoms. The van der Waals surface area contributed by atoms with Gasteiger partial charge in [-0.1, -0.05) is 19.1 Å². The van der Waals surface area contributed by atoms with Crippen molar-refractivity contribution in [3.05, 3.63) is 29.8 Å². The number of halogens is 6. The van der Waals surface area contributed by atoms with E-state index in [9.17, 15) is 52.8 Å². The van der Waals surface area contributed by atoms with Crippen molar-refractivity contribution in [2.75, 3.05) is 6.61 Å². The van der Waals surface area contributed by atoms with Crippen LogP contribution in [-0.2, 0) is 45.7 Å². The van der Waals surface area contributed by atoms with E-state index in [0.29, 0.717) is 31.2 Å². The molecular weight excluding hydrogens is 638 g/mol. The molecule has 10 nitrogen and oxygen atoms in total. The van der Waals surface area contributed by atoms with Crippen molar-refractivity contribution >= 4 is 32.2 Å². The third kappa shape index (κ3) is 6.60. The molecule has 2 fully saturated rings. The number of esters is 2. The molecule has 1 N–H and O–H groups in total. The topological polar surface area (TPSA) is 150 Å². The van der Waals surface area contributed by atoms with Crippen LogP contribution in [0.5, 0.6) is 5.75 Å². The Morgan fingerprint density at radius 3 is 1.98 bits per heavy atom. The summed E-state index contributed by atoms with van der Waals surface area (Å²) in [6.45, 7) is 5.35. The van der Waals surface area contributed by atoms with Gasteiger partial charge in [0.25, 0.3) is 0 Å². The SMILES string of the molecule is CCC(C)(C)C(=O)OC1CC2CC1CC2C(=O)OCCc1ccc(OS(=O)(=O)C(F)(F)C(F)(F)C(F)(F)S(=O)(=O)O)cc1. The molecule has 3 rings (SSSR count). The number of benzene rings is 1. The van der Waals surface area contributed by atoms with Crippen molar-refractivity contribution < 1.29 is 71.0 Å². The highest BCUT2D eigenvalue weighted by atomic mass is 32.2. The maximum absolute atomic E-state index is 13.9. The Morgan fingerprint density at radius 1 is 0.907 bits per heavy atom. The fourth-order valence-corrected chi connectivity index (χ4v) is 6.28. The minimum atomic E-state index is -7.16. The van der Waals surface area contributed by atoms with Crippen LogP contribution in [0, 0.1) is 23.2 Å². The first-order valence-corrected chi connectivity index (χ1v) is 15.8. The summed E-state index contributed by atoms with van der Waals surface area (Å²) in [5, 5.41) is -13.7. The molecule has 4 unspecified atom stereocenters. The number of hydrogen-bond donors (Lipinski definition) is 1. The predicted molar refractivity (Wildman–Crippen MR) is 135 cm³/mol. The van der Waals surface area contributed by atoms with Gasteiger partial charge in [0.1, 0.15) is 11.9 Å². The van der Waals surface area contributed by atoms with Crippen LogP contribution in [0.2, 0.25) is 0 Å². The highest BCUT2D eigenvalue weighted by Crippen LogP contribution is 2.52. The average molecular weight is 669 g/mol. The largest absolute Gasteiger partial charge is 0.465 e. The van der Waals surface area contributed by atoms with Crippen LogP contribution >= 0.6 is 0 Å². The van der Waals surface area contributed by atoms with Gasteiger partial charge in [-0.2, -0.15) is 43.2 Å². The lowest BCUT2D eigenvalue weighted by Gasteiger charge is -2.30. The van der Waals surface area contributed by atoms with Crippen molar-refractivity contribution in [1.82, 2.24) is 0 Å². The Hall–Kier alpha value is -2.60. The highest BCUT2D eigenvalue weighted by molar-refractivity contribution is 7.88. The van der Waals surface area contributed by atoms with E-state index >= 15 is 0 Å². The molecule has 0 heterocycles. The van der Waals surface area contributed by atoms with E-state index in [1.54, 1.807) is 13.8 Å². The van der Waals surface area contributed by atoms with Gasteiger partial charge in [0.15, 0.2) is 0 Å². The first-order chi connectivity index (χ1) is 19.5. The number of fused-ring (bicyclic) bond motifs is 2. The standard InChI is InChI=1S/C25H30F6O10S2/c1-4-22(2,3)21(33)40-19-13-15-11-16(19)12-18(15)20(32)39-10-9-14-5-7-17(8-6-14)41-43(37,38)25(30,31)23(26,27)24(28,29)42(34,35)36/h5-8,15-16,18-19H,4,9-13H2,1-3H3,(H,34,35,36). The monoisotopic (exact) mass is 668 g/mol. The third-order valence-electron chi connectivity index (χ3n) is 7.92. The molecule has 2 saturated carbocycles. The molecule has 0 spiro atoms. The number of alkyl halides is 6. The molecule has 1 aromatic carbocycles. The Bertz CT molecular complexity index is 1430. The lowest BCUT2D eigenvalue weighted by Crippen LogP contribution is -2.61. The van der Waals surface area contributed by atoms with E-state index in [4.69, 9.17) is 14.0 Å². The van der Waals surface area contributed by atoms with Gasteiger partial charge in [-0.05, 0) is 69.1 Å². The van der Waals surface area contributed by atoms with Crippen molar-refractivity contribution in [2.24, 2.45) is 23.2 Å². The van der Waals surface area contributed by atoms with Crippen molar-refractivity contribution in [1.29, 1.82) is 0 Å². The molecule has 0 amide bonds. The molecule has 2 aliphatic rings. The van der Waals surface area contributed by atoms with Crippen molar-refractivity contribution in [2.45, 2.75) is 75.4 Å². The van der Waals surface area contributed by atoms with E-state index in [0.717, 1.165) is 24.3 Å². The molecule has 0 saturated heterocycles. The Kier molecular flexibility index (Phi) is 9.51. The number of carbonyl (C=O) groups is 2. The summed E-state index contributed by atoms with van der Waals surface area (Å²) in [5.74, 6) is -9.23. The van der Waals surface area contributed by atoms with E-state index in [-0.39, 0.29) is 42.9 Å². The van der Waals surface area contributed by atoms with Crippen molar-refractivity contribution in [3.8, 4) is 5.75 Å². The van der Waals surface area contributed by atoms with Gasteiger partial charge in [0.05, 0.1) is 17.9 Å². The fourth-order valence-electron chi connectivity index (χ4n) is 4.85. The second kappa shape index (κ2) is 11.7. The van der Waals surface area contributed by atoms with Gasteiger partial charge in [-0.25, -0.2) is 0 Å². The predicted octanol–water partition coefficient (Wildman–Crippen LogP) is 4.58. The summed E-state index contributed by atoms with van der Waals surface area (Å²) in [4.78, 5) is 25.0. The molecule has 2 aliphatic carbocycles. The van der Waals surface area contributed by atoms with E-state index < -0.39 is 53.8 Å². The smallest absolute Gasteiger partial charge is 0.450 e. The second-order valence-electron chi connectivity index (χ2n) is 11.2. The zero-order valence-corrected chi connectivity index (χ0v) is 24.7. The maximum Gasteiger partial charge on any atom is 0.450 e. The maximum atomic E-state index is 13.9. The number of ether oxygens (including phenoxy) is 2. The van der Waals surface area contributed by atoms with E-state index in [1.165, 1.54) is 0 Å². The Morgan fingerprint density at radius 2 is 1.49 bits per heavy atom. The van der Waals surface area contributed by atoms with Crippen LogP contribution in [0.4, 0.5) is 26.3 Å². The normalized spacial score (nSPS) is 23.2. The summed E-state index contributed by atoms with van der Waals surface area (Å²) in [6.07, 6.45) is 2.16. The average Bonchev–Trinajstić information content (AvgIpc) is 3.49. The van der Waals surface area contributed by atoms with Gasteiger partial charge in [-0.15, -0.1) is 0 Å². The molecule has 244 valence electrons. The fraction of sp³-hybridized carbons (Fsp3) is 0.680. The van der Waals surface area contributed by atoms with Crippen LogP contribution < -0.4 is 4.18 Å². The summed E-state index contributed by atoms with van der Waals surface area (Å²) in [5.41, 5.74) is -0.256. The van der Waals surface area contributed by atoms with Gasteiger partial charge in [-0.3, -0.25) is 14.1 Å². The molecular formula is C25H30F6O10S2. The van der Waals surface area contributed by atoms with Crippen LogP contribution in [0.1, 0.15) is 52.0 Å². The van der Waals surface area contributed by atoms with Crippen LogP contribution in [0.25, 0.3) is 0 Å². The minimum absolute atomic E-state index is 0.0126. The molecule has 0 aromatic heterocycles. The first kappa shape index (κ1) is 34.9. The molecule has 1 aromatic rings. The zero-order valence-electron chi connectivity index (χ0n) is 23.1. The molecule has 0 radical (unpaired) electrons. The number of hydrogen-bond acceptors (Lipinski definition) is 9. The summed E-state index contributed by atoms with van der Waals surface area (Å²) in [6, 6.07) is 3.63. The Balaban J connectivity index is 1.53. The van der Waals surface area contributed by atoms with Gasteiger partial charge >= 0.3 is 48.6 Å². The van der Waals surface area contributed by atoms with Crippen LogP contribution in [0.3, 0.4) is 0 Å². The minimum Gasteiger partial charge on any atom is -0.465 e. The highest BCUT2D eigenvalue weighted by Gasteiger charge is 2.83. The number of carbonyl (C=O) groups excluding carboxylic acids is 2. The Labute approximate surface area is 243 Å². The summed E-state index contributed by atoms with van der Waals surface area (Å²) < 4.78 is 149. The van der Waals surface area contributed by atoms with Crippen molar-refractivity contribution in [3.63, 3.8) is 0 Å². The van der Waals surface area contributed by atoms with Crippen LogP contribution in [-0.4, -0.2) is 62.5 Å². The van der Waals surface area contributed by atoms with Crippen LogP contribution in [0.15, 0.2) is 24.3 Å². The second-order valence-corrected chi connectivity index (χ2v) is 14.2. The lowest BCUT2D eigenvalue weighted by atomic mass is 9.86. The third-order valence-corrected chi connectivity index (χ3v) is 10.1. The van der Waals surface area contributed by atoms with E-state index in [1.807, 2.05) is 6.92 Å². The van der Waals surface area contributed by atoms with Gasteiger partial charge in [0, 0.05) is 6.42 Å². The van der Waals surface area contributed by atoms with Gasteiger partial charge < -0.3 is 13.7 Å². The summed E-state index contributed by atoms with van der Waals surface area (Å²) in [7, 11) is -14.1. The summed E-state index contributed by atoms with van der Waals surface area (Å²) >= 11 is 0. The number of rotatable bonds is 13. The quantitative estimate of drug-likeness (QED) is 0.137. The van der Waals surface area contributed by atoms with E-state index in [2.05, 4.69) is 4.18 Å². The molecule has 2 bridgehead atoms. The molecule has 4 atom stereocenters. The first-order valence-electron chi connectivity index (χ1n) is 13.0.